The number of nitrogen functional groups attached to an aromatic ring is 1. The van der Waals surface area contributed by atoms with Gasteiger partial charge < -0.3 is 15.5 Å². The SMILES string of the molecule is CC(=O)Nc1cc(N)c2occc2c1. The minimum atomic E-state index is -0.118. The maximum absolute atomic E-state index is 10.8. The second-order valence-electron chi connectivity index (χ2n) is 3.09. The number of hydrogen-bond acceptors (Lipinski definition) is 3. The van der Waals surface area contributed by atoms with E-state index in [2.05, 4.69) is 5.32 Å². The molecule has 4 nitrogen and oxygen atoms in total. The molecule has 2 rings (SSSR count). The normalized spacial score (nSPS) is 10.4. The van der Waals surface area contributed by atoms with E-state index in [1.54, 1.807) is 18.4 Å². The van der Waals surface area contributed by atoms with E-state index in [1.807, 2.05) is 6.07 Å². The summed E-state index contributed by atoms with van der Waals surface area (Å²) in [6.45, 7) is 1.45. The van der Waals surface area contributed by atoms with Gasteiger partial charge >= 0.3 is 0 Å². The standard InChI is InChI=1S/C10H10N2O2/c1-6(13)12-8-4-7-2-3-14-10(7)9(11)5-8/h2-5H,11H2,1H3,(H,12,13). The van der Waals surface area contributed by atoms with Gasteiger partial charge in [0.05, 0.1) is 12.0 Å². The Labute approximate surface area is 80.7 Å². The smallest absolute Gasteiger partial charge is 0.221 e. The third kappa shape index (κ3) is 1.42. The van der Waals surface area contributed by atoms with Crippen LogP contribution in [0.4, 0.5) is 11.4 Å². The highest BCUT2D eigenvalue weighted by atomic mass is 16.3. The first-order chi connectivity index (χ1) is 6.66. The summed E-state index contributed by atoms with van der Waals surface area (Å²) in [4.78, 5) is 10.8. The zero-order chi connectivity index (χ0) is 10.1. The van der Waals surface area contributed by atoms with Crippen molar-refractivity contribution in [2.45, 2.75) is 6.92 Å². The van der Waals surface area contributed by atoms with E-state index < -0.39 is 0 Å². The summed E-state index contributed by atoms with van der Waals surface area (Å²) in [6.07, 6.45) is 1.57. The van der Waals surface area contributed by atoms with Crippen LogP contribution in [0.2, 0.25) is 0 Å². The van der Waals surface area contributed by atoms with Gasteiger partial charge in [0.25, 0.3) is 0 Å². The van der Waals surface area contributed by atoms with Gasteiger partial charge in [-0.15, -0.1) is 0 Å². The number of amides is 1. The maximum atomic E-state index is 10.8. The predicted molar refractivity (Wildman–Crippen MR) is 54.9 cm³/mol. The number of carbonyl (C=O) groups excluding carboxylic acids is 1. The quantitative estimate of drug-likeness (QED) is 0.675. The van der Waals surface area contributed by atoms with Crippen LogP contribution in [0.25, 0.3) is 11.0 Å². The van der Waals surface area contributed by atoms with E-state index in [1.165, 1.54) is 6.92 Å². The zero-order valence-electron chi connectivity index (χ0n) is 7.70. The third-order valence-corrected chi connectivity index (χ3v) is 1.90. The Morgan fingerprint density at radius 3 is 3.00 bits per heavy atom. The topological polar surface area (TPSA) is 68.3 Å². The summed E-state index contributed by atoms with van der Waals surface area (Å²) < 4.78 is 5.17. The Morgan fingerprint density at radius 2 is 2.29 bits per heavy atom. The Bertz CT molecular complexity index is 488. The van der Waals surface area contributed by atoms with Crippen LogP contribution < -0.4 is 11.1 Å². The fourth-order valence-electron chi connectivity index (χ4n) is 1.39. The number of furan rings is 1. The number of benzene rings is 1. The number of fused-ring (bicyclic) bond motifs is 1. The van der Waals surface area contributed by atoms with E-state index in [4.69, 9.17) is 10.2 Å². The molecular formula is C10H10N2O2. The highest BCUT2D eigenvalue weighted by Crippen LogP contribution is 2.26. The molecule has 0 saturated heterocycles. The lowest BCUT2D eigenvalue weighted by Gasteiger charge is -2.03. The van der Waals surface area contributed by atoms with Crippen LogP contribution in [-0.2, 0) is 4.79 Å². The van der Waals surface area contributed by atoms with Crippen molar-refractivity contribution in [1.82, 2.24) is 0 Å². The van der Waals surface area contributed by atoms with E-state index in [0.29, 0.717) is 17.0 Å². The molecule has 14 heavy (non-hydrogen) atoms. The highest BCUT2D eigenvalue weighted by molar-refractivity contribution is 5.96. The van der Waals surface area contributed by atoms with Gasteiger partial charge in [-0.25, -0.2) is 0 Å². The van der Waals surface area contributed by atoms with Gasteiger partial charge in [0.2, 0.25) is 5.91 Å². The largest absolute Gasteiger partial charge is 0.462 e. The molecule has 0 unspecified atom stereocenters. The van der Waals surface area contributed by atoms with Gasteiger partial charge in [0.15, 0.2) is 5.58 Å². The lowest BCUT2D eigenvalue weighted by molar-refractivity contribution is -0.114. The molecule has 0 saturated carbocycles. The Hall–Kier alpha value is -1.97. The molecule has 72 valence electrons. The Morgan fingerprint density at radius 1 is 1.50 bits per heavy atom. The number of hydrogen-bond donors (Lipinski definition) is 2. The molecule has 1 aromatic carbocycles. The predicted octanol–water partition coefficient (Wildman–Crippen LogP) is 1.97. The third-order valence-electron chi connectivity index (χ3n) is 1.90. The van der Waals surface area contributed by atoms with Crippen molar-refractivity contribution in [2.75, 3.05) is 11.1 Å². The fourth-order valence-corrected chi connectivity index (χ4v) is 1.39. The molecule has 0 radical (unpaired) electrons. The molecule has 3 N–H and O–H groups in total. The first-order valence-electron chi connectivity index (χ1n) is 4.21. The van der Waals surface area contributed by atoms with Crippen LogP contribution in [-0.4, -0.2) is 5.91 Å². The summed E-state index contributed by atoms with van der Waals surface area (Å²) in [7, 11) is 0. The van der Waals surface area contributed by atoms with Gasteiger partial charge in [-0.2, -0.15) is 0 Å². The molecular weight excluding hydrogens is 180 g/mol. The summed E-state index contributed by atoms with van der Waals surface area (Å²) in [6, 6.07) is 5.29. The van der Waals surface area contributed by atoms with Crippen molar-refractivity contribution in [1.29, 1.82) is 0 Å². The highest BCUT2D eigenvalue weighted by Gasteiger charge is 2.04. The monoisotopic (exact) mass is 190 g/mol. The van der Waals surface area contributed by atoms with Gasteiger partial charge in [0, 0.05) is 18.0 Å². The van der Waals surface area contributed by atoms with Crippen LogP contribution in [0.5, 0.6) is 0 Å². The van der Waals surface area contributed by atoms with E-state index >= 15 is 0 Å². The molecule has 0 fully saturated rings. The fraction of sp³-hybridized carbons (Fsp3) is 0.100. The minimum absolute atomic E-state index is 0.118. The molecule has 2 aromatic rings. The summed E-state index contributed by atoms with van der Waals surface area (Å²) in [5.74, 6) is -0.118. The molecule has 1 amide bonds. The summed E-state index contributed by atoms with van der Waals surface area (Å²) in [5.41, 5.74) is 7.59. The molecule has 0 atom stereocenters. The maximum Gasteiger partial charge on any atom is 0.221 e. The van der Waals surface area contributed by atoms with Crippen LogP contribution in [0, 0.1) is 0 Å². The number of anilines is 2. The second-order valence-corrected chi connectivity index (χ2v) is 3.09. The number of carbonyl (C=O) groups is 1. The molecule has 0 aliphatic heterocycles. The molecule has 0 spiro atoms. The first kappa shape index (κ1) is 8.62. The lowest BCUT2D eigenvalue weighted by Crippen LogP contribution is -2.05. The number of nitrogens with two attached hydrogens (primary N) is 1. The molecule has 0 bridgehead atoms. The van der Waals surface area contributed by atoms with E-state index in [0.717, 1.165) is 5.39 Å². The van der Waals surface area contributed by atoms with Crippen molar-refractivity contribution in [3.8, 4) is 0 Å². The lowest BCUT2D eigenvalue weighted by atomic mass is 10.2. The van der Waals surface area contributed by atoms with Crippen LogP contribution in [0.15, 0.2) is 28.9 Å². The molecule has 1 heterocycles. The van der Waals surface area contributed by atoms with Gasteiger partial charge in [-0.05, 0) is 18.2 Å². The van der Waals surface area contributed by atoms with Crippen molar-refractivity contribution in [3.05, 3.63) is 24.5 Å². The van der Waals surface area contributed by atoms with Crippen molar-refractivity contribution in [3.63, 3.8) is 0 Å². The minimum Gasteiger partial charge on any atom is -0.462 e. The zero-order valence-corrected chi connectivity index (χ0v) is 7.70. The van der Waals surface area contributed by atoms with E-state index in [-0.39, 0.29) is 5.91 Å². The summed E-state index contributed by atoms with van der Waals surface area (Å²) in [5, 5.41) is 3.55. The van der Waals surface area contributed by atoms with Gasteiger partial charge in [0.1, 0.15) is 0 Å². The second kappa shape index (κ2) is 3.06. The Kier molecular flexibility index (Phi) is 1.89. The molecule has 0 aliphatic carbocycles. The summed E-state index contributed by atoms with van der Waals surface area (Å²) >= 11 is 0. The molecule has 1 aromatic heterocycles. The van der Waals surface area contributed by atoms with Crippen LogP contribution >= 0.6 is 0 Å². The van der Waals surface area contributed by atoms with Gasteiger partial charge in [-0.1, -0.05) is 0 Å². The van der Waals surface area contributed by atoms with E-state index in [9.17, 15) is 4.79 Å². The van der Waals surface area contributed by atoms with Crippen LogP contribution in [0.3, 0.4) is 0 Å². The van der Waals surface area contributed by atoms with Gasteiger partial charge in [-0.3, -0.25) is 4.79 Å². The first-order valence-corrected chi connectivity index (χ1v) is 4.21. The van der Waals surface area contributed by atoms with Crippen molar-refractivity contribution in [2.24, 2.45) is 0 Å². The van der Waals surface area contributed by atoms with Crippen molar-refractivity contribution < 1.29 is 9.21 Å². The molecule has 4 heteroatoms. The Balaban J connectivity index is 2.53. The average Bonchev–Trinajstić information content (AvgIpc) is 2.50. The number of rotatable bonds is 1. The van der Waals surface area contributed by atoms with Crippen molar-refractivity contribution >= 4 is 28.3 Å². The molecule has 0 aliphatic rings. The number of nitrogens with one attached hydrogen (secondary N) is 1. The van der Waals surface area contributed by atoms with Crippen LogP contribution in [0.1, 0.15) is 6.92 Å². The average molecular weight is 190 g/mol.